The van der Waals surface area contributed by atoms with Crippen LogP contribution in [-0.4, -0.2) is 12.2 Å². The van der Waals surface area contributed by atoms with Crippen molar-refractivity contribution in [1.29, 1.82) is 0 Å². The van der Waals surface area contributed by atoms with Crippen molar-refractivity contribution in [2.24, 2.45) is 0 Å². The summed E-state index contributed by atoms with van der Waals surface area (Å²) < 4.78 is 0. The number of aliphatic hydroxyl groups excluding tert-OH is 1. The van der Waals surface area contributed by atoms with Crippen molar-refractivity contribution in [2.45, 2.75) is 0 Å². The molecule has 0 saturated carbocycles. The molecule has 0 rings (SSSR count). The summed E-state index contributed by atoms with van der Waals surface area (Å²) in [6.45, 7) is 0. The minimum Gasteiger partial charge on any atom is -0.400 e. The number of hydrogen-bond donors (Lipinski definition) is 1. The Morgan fingerprint density at radius 3 is 1.25 bits per heavy atom. The van der Waals surface area contributed by atoms with Gasteiger partial charge in [0, 0.05) is 7.11 Å². The minimum atomic E-state index is 0. The van der Waals surface area contributed by atoms with Crippen molar-refractivity contribution in [3.05, 3.63) is 7.43 Å². The van der Waals surface area contributed by atoms with Gasteiger partial charge in [-0.3, -0.25) is 0 Å². The zero-order chi connectivity index (χ0) is 2.00. The summed E-state index contributed by atoms with van der Waals surface area (Å²) in [5.74, 6) is 0. The van der Waals surface area contributed by atoms with Crippen LogP contribution in [0.25, 0.3) is 0 Å². The number of aliphatic hydroxyl groups is 1. The van der Waals surface area contributed by atoms with Gasteiger partial charge in [0.2, 0.25) is 0 Å². The molecule has 0 heterocycles. The van der Waals surface area contributed by atoms with Crippen LogP contribution in [0.1, 0.15) is 0 Å². The predicted molar refractivity (Wildman–Crippen MR) is 14.6 cm³/mol. The molecule has 0 aromatic heterocycles. The summed E-state index contributed by atoms with van der Waals surface area (Å²) in [6, 6.07) is 0. The normalized spacial score (nSPS) is 1.50. The molecule has 1 radical (unpaired) electrons. The first-order chi connectivity index (χ1) is 1.00. The Morgan fingerprint density at radius 2 is 1.25 bits per heavy atom. The van der Waals surface area contributed by atoms with E-state index in [9.17, 15) is 0 Å². The maximum atomic E-state index is 7.00. The Hall–Kier alpha value is 0.843. The topological polar surface area (TPSA) is 20.2 Å². The largest absolute Gasteiger partial charge is 3.00 e. The molecule has 0 atom stereocenters. The van der Waals surface area contributed by atoms with Gasteiger partial charge in [-0.2, -0.15) is 0 Å². The van der Waals surface area contributed by atoms with Crippen LogP contribution < -0.4 is 0 Å². The van der Waals surface area contributed by atoms with Crippen LogP contribution in [0.2, 0.25) is 0 Å². The molecule has 23 valence electrons. The van der Waals surface area contributed by atoms with E-state index in [2.05, 4.69) is 0 Å². The van der Waals surface area contributed by atoms with Gasteiger partial charge in [-0.05, 0) is 0 Å². The fourth-order valence-corrected chi connectivity index (χ4v) is 0. The van der Waals surface area contributed by atoms with Crippen LogP contribution in [0.15, 0.2) is 0 Å². The van der Waals surface area contributed by atoms with E-state index in [1.807, 2.05) is 0 Å². The Bertz CT molecular complexity index is 6.00. The van der Waals surface area contributed by atoms with E-state index in [1.165, 1.54) is 0 Å². The quantitative estimate of drug-likeness (QED) is 0.469. The average molecular weight is 138 g/mol. The zero-order valence-corrected chi connectivity index (χ0v) is 5.41. The average Bonchev–Trinajstić information content (AvgIpc) is 1.00. The Kier molecular flexibility index (Phi) is 230. The molecule has 1 nitrogen and oxygen atoms in total. The number of rotatable bonds is 0. The van der Waals surface area contributed by atoms with Gasteiger partial charge in [-0.25, -0.2) is 0 Å². The molecular weight excluding hydrogens is 131 g/mol. The van der Waals surface area contributed by atoms with E-state index in [0.29, 0.717) is 0 Å². The van der Waals surface area contributed by atoms with Crippen molar-refractivity contribution in [3.63, 3.8) is 0 Å². The van der Waals surface area contributed by atoms with E-state index in [-0.39, 0.29) is 33.6 Å². The second kappa shape index (κ2) is 43.7. The SMILES string of the molecule is CO.[CH3-].[Zr+3]. The van der Waals surface area contributed by atoms with Crippen LogP contribution in [0.3, 0.4) is 0 Å². The summed E-state index contributed by atoms with van der Waals surface area (Å²) >= 11 is 0. The molecule has 4 heavy (non-hydrogen) atoms. The molecule has 0 saturated heterocycles. The van der Waals surface area contributed by atoms with Crippen molar-refractivity contribution in [2.75, 3.05) is 7.11 Å². The van der Waals surface area contributed by atoms with Crippen LogP contribution in [0.5, 0.6) is 0 Å². The molecule has 0 aromatic rings. The van der Waals surface area contributed by atoms with Crippen LogP contribution in [-0.2, 0) is 26.2 Å². The fraction of sp³-hybridized carbons (Fsp3) is 0.500. The molecule has 0 aliphatic rings. The summed E-state index contributed by atoms with van der Waals surface area (Å²) in [6.07, 6.45) is 0. The van der Waals surface area contributed by atoms with Crippen molar-refractivity contribution in [1.82, 2.24) is 0 Å². The third kappa shape index (κ3) is 13.6. The maximum Gasteiger partial charge on any atom is 3.00 e. The zero-order valence-electron chi connectivity index (χ0n) is 2.95. The number of hydrogen-bond acceptors (Lipinski definition) is 1. The van der Waals surface area contributed by atoms with Gasteiger partial charge in [0.05, 0.1) is 0 Å². The summed E-state index contributed by atoms with van der Waals surface area (Å²) in [7, 11) is 1.00. The first kappa shape index (κ1) is 21.1. The monoisotopic (exact) mass is 137 g/mol. The summed E-state index contributed by atoms with van der Waals surface area (Å²) in [5.41, 5.74) is 0. The van der Waals surface area contributed by atoms with Gasteiger partial charge in [0.15, 0.2) is 0 Å². The Labute approximate surface area is 46.2 Å². The van der Waals surface area contributed by atoms with Crippen molar-refractivity contribution < 1.29 is 31.3 Å². The molecule has 0 amide bonds. The van der Waals surface area contributed by atoms with E-state index < -0.39 is 0 Å². The van der Waals surface area contributed by atoms with E-state index >= 15 is 0 Å². The molecular formula is C2H7OZr+2. The van der Waals surface area contributed by atoms with Crippen molar-refractivity contribution in [3.8, 4) is 0 Å². The van der Waals surface area contributed by atoms with Crippen LogP contribution in [0.4, 0.5) is 0 Å². The maximum absolute atomic E-state index is 7.00. The molecule has 0 unspecified atom stereocenters. The molecule has 0 aromatic carbocycles. The van der Waals surface area contributed by atoms with E-state index in [1.54, 1.807) is 0 Å². The van der Waals surface area contributed by atoms with Gasteiger partial charge >= 0.3 is 26.2 Å². The summed E-state index contributed by atoms with van der Waals surface area (Å²) in [4.78, 5) is 0. The minimum absolute atomic E-state index is 0. The van der Waals surface area contributed by atoms with Gasteiger partial charge in [0.1, 0.15) is 0 Å². The third-order valence-electron chi connectivity index (χ3n) is 0. The van der Waals surface area contributed by atoms with Crippen LogP contribution >= 0.6 is 0 Å². The molecule has 0 aliphatic heterocycles. The third-order valence-corrected chi connectivity index (χ3v) is 0. The second-order valence-corrected chi connectivity index (χ2v) is 0. The first-order valence-electron chi connectivity index (χ1n) is 0.447. The van der Waals surface area contributed by atoms with Gasteiger partial charge in [-0.1, -0.05) is 0 Å². The molecule has 0 spiro atoms. The predicted octanol–water partition coefficient (Wildman–Crippen LogP) is 0.0563. The molecule has 2 heteroatoms. The Morgan fingerprint density at radius 1 is 1.25 bits per heavy atom. The molecule has 0 bridgehead atoms. The first-order valence-corrected chi connectivity index (χ1v) is 0.447. The standard InChI is InChI=1S/CH4O.CH3.Zr/c1-2;;/h2H,1H3;1H3;/q;-1;+3. The molecule has 0 fully saturated rings. The molecule has 0 aliphatic carbocycles. The van der Waals surface area contributed by atoms with Crippen molar-refractivity contribution >= 4 is 0 Å². The van der Waals surface area contributed by atoms with Gasteiger partial charge < -0.3 is 12.5 Å². The Balaban J connectivity index is -0.00000000500. The second-order valence-electron chi connectivity index (χ2n) is 0. The summed E-state index contributed by atoms with van der Waals surface area (Å²) in [5, 5.41) is 7.00. The fourth-order valence-electron chi connectivity index (χ4n) is 0. The van der Waals surface area contributed by atoms with E-state index in [0.717, 1.165) is 7.11 Å². The van der Waals surface area contributed by atoms with Crippen LogP contribution in [0, 0.1) is 7.43 Å². The van der Waals surface area contributed by atoms with Gasteiger partial charge in [0.25, 0.3) is 0 Å². The van der Waals surface area contributed by atoms with E-state index in [4.69, 9.17) is 5.11 Å². The molecule has 1 N–H and O–H groups in total. The van der Waals surface area contributed by atoms with Gasteiger partial charge in [-0.15, -0.1) is 0 Å². The smallest absolute Gasteiger partial charge is 0.400 e.